The van der Waals surface area contributed by atoms with Gasteiger partial charge in [-0.2, -0.15) is 10.5 Å². The van der Waals surface area contributed by atoms with Crippen LogP contribution < -0.4 is 0 Å². The number of hydrogen-bond acceptors (Lipinski definition) is 4. The van der Waals surface area contributed by atoms with Crippen molar-refractivity contribution >= 4 is 32.6 Å². The molecule has 0 fully saturated rings. The van der Waals surface area contributed by atoms with E-state index >= 15 is 0 Å². The van der Waals surface area contributed by atoms with Crippen molar-refractivity contribution in [1.82, 2.24) is 9.97 Å². The van der Waals surface area contributed by atoms with E-state index in [-0.39, 0.29) is 11.4 Å². The number of nitriles is 2. The Morgan fingerprint density at radius 2 is 1.41 bits per heavy atom. The lowest BCUT2D eigenvalue weighted by atomic mass is 10.0. The van der Waals surface area contributed by atoms with Crippen molar-refractivity contribution in [3.63, 3.8) is 0 Å². The summed E-state index contributed by atoms with van der Waals surface area (Å²) in [6, 6.07) is 19.9. The smallest absolute Gasteiger partial charge is 0.177 e. The molecule has 4 aromatic rings. The summed E-state index contributed by atoms with van der Waals surface area (Å²) in [7, 11) is 0. The lowest BCUT2D eigenvalue weighted by Crippen LogP contribution is -1.96. The zero-order valence-corrected chi connectivity index (χ0v) is 11.4. The van der Waals surface area contributed by atoms with Crippen LogP contribution in [0.4, 0.5) is 0 Å². The van der Waals surface area contributed by atoms with Crippen LogP contribution in [0.3, 0.4) is 0 Å². The van der Waals surface area contributed by atoms with Gasteiger partial charge in [0.2, 0.25) is 0 Å². The van der Waals surface area contributed by atoms with E-state index in [4.69, 9.17) is 10.5 Å². The van der Waals surface area contributed by atoms with Gasteiger partial charge < -0.3 is 0 Å². The van der Waals surface area contributed by atoms with Gasteiger partial charge >= 0.3 is 0 Å². The van der Waals surface area contributed by atoms with Gasteiger partial charge in [-0.05, 0) is 34.4 Å². The molecule has 0 aliphatic rings. The normalized spacial score (nSPS) is 10.6. The molecule has 3 aromatic carbocycles. The minimum atomic E-state index is 0.0649. The number of nitrogens with zero attached hydrogens (tertiary/aromatic N) is 4. The Balaban J connectivity index is 2.20. The molecule has 0 aliphatic carbocycles. The molecule has 1 aromatic heterocycles. The molecule has 0 amide bonds. The van der Waals surface area contributed by atoms with Gasteiger partial charge in [-0.15, -0.1) is 0 Å². The maximum absolute atomic E-state index is 9.15. The SMILES string of the molecule is N#Cc1nc2ccc3cc4ccccc4cc3c2nc1C#N. The van der Waals surface area contributed by atoms with Gasteiger partial charge in [0.15, 0.2) is 11.4 Å². The third-order valence-electron chi connectivity index (χ3n) is 3.73. The van der Waals surface area contributed by atoms with Gasteiger partial charge in [-0.1, -0.05) is 30.3 Å². The Hall–Kier alpha value is -3.50. The first kappa shape index (κ1) is 12.3. The molecule has 0 N–H and O–H groups in total. The van der Waals surface area contributed by atoms with Gasteiger partial charge in [-0.25, -0.2) is 9.97 Å². The first-order valence-corrected chi connectivity index (χ1v) is 6.73. The third-order valence-corrected chi connectivity index (χ3v) is 3.73. The summed E-state index contributed by atoms with van der Waals surface area (Å²) in [5.74, 6) is 0. The van der Waals surface area contributed by atoms with E-state index in [9.17, 15) is 0 Å². The van der Waals surface area contributed by atoms with Crippen molar-refractivity contribution in [3.8, 4) is 12.1 Å². The summed E-state index contributed by atoms with van der Waals surface area (Å²) < 4.78 is 0. The number of benzene rings is 3. The Bertz CT molecular complexity index is 1150. The monoisotopic (exact) mass is 280 g/mol. The van der Waals surface area contributed by atoms with Crippen molar-refractivity contribution in [1.29, 1.82) is 10.5 Å². The highest BCUT2D eigenvalue weighted by Gasteiger charge is 2.11. The first-order chi connectivity index (χ1) is 10.8. The summed E-state index contributed by atoms with van der Waals surface area (Å²) in [6.07, 6.45) is 0. The van der Waals surface area contributed by atoms with E-state index in [2.05, 4.69) is 28.2 Å². The highest BCUT2D eigenvalue weighted by atomic mass is 14.8. The van der Waals surface area contributed by atoms with Crippen LogP contribution in [-0.4, -0.2) is 9.97 Å². The minimum Gasteiger partial charge on any atom is -0.232 e. The maximum atomic E-state index is 9.15. The van der Waals surface area contributed by atoms with Crippen LogP contribution in [0.5, 0.6) is 0 Å². The van der Waals surface area contributed by atoms with Crippen molar-refractivity contribution in [2.45, 2.75) is 0 Å². The molecule has 0 saturated carbocycles. The van der Waals surface area contributed by atoms with Crippen molar-refractivity contribution in [3.05, 3.63) is 59.9 Å². The molecule has 0 bridgehead atoms. The third kappa shape index (κ3) is 1.69. The van der Waals surface area contributed by atoms with Gasteiger partial charge in [0.05, 0.1) is 11.0 Å². The van der Waals surface area contributed by atoms with Crippen molar-refractivity contribution in [2.24, 2.45) is 0 Å². The fourth-order valence-corrected chi connectivity index (χ4v) is 2.69. The van der Waals surface area contributed by atoms with Crippen LogP contribution in [0.15, 0.2) is 48.5 Å². The van der Waals surface area contributed by atoms with Crippen LogP contribution in [-0.2, 0) is 0 Å². The van der Waals surface area contributed by atoms with Crippen LogP contribution >= 0.6 is 0 Å². The largest absolute Gasteiger partial charge is 0.232 e. The first-order valence-electron chi connectivity index (χ1n) is 6.73. The molecular formula is C18H8N4. The molecule has 0 spiro atoms. The van der Waals surface area contributed by atoms with Gasteiger partial charge in [-0.3, -0.25) is 0 Å². The Morgan fingerprint density at radius 1 is 0.727 bits per heavy atom. The molecule has 22 heavy (non-hydrogen) atoms. The quantitative estimate of drug-likeness (QED) is 0.364. The van der Waals surface area contributed by atoms with Crippen LogP contribution in [0.2, 0.25) is 0 Å². The summed E-state index contributed by atoms with van der Waals surface area (Å²) in [5.41, 5.74) is 1.41. The number of aromatic nitrogens is 2. The molecular weight excluding hydrogens is 272 g/mol. The predicted molar refractivity (Wildman–Crippen MR) is 84.0 cm³/mol. The van der Waals surface area contributed by atoms with Crippen molar-refractivity contribution < 1.29 is 0 Å². The van der Waals surface area contributed by atoms with E-state index in [0.29, 0.717) is 11.0 Å². The Morgan fingerprint density at radius 3 is 2.14 bits per heavy atom. The second kappa shape index (κ2) is 4.51. The Labute approximate surface area is 125 Å². The number of rotatable bonds is 0. The summed E-state index contributed by atoms with van der Waals surface area (Å²) >= 11 is 0. The molecule has 0 atom stereocenters. The van der Waals surface area contributed by atoms with Crippen LogP contribution in [0.25, 0.3) is 32.6 Å². The van der Waals surface area contributed by atoms with Gasteiger partial charge in [0.25, 0.3) is 0 Å². The summed E-state index contributed by atoms with van der Waals surface area (Å²) in [5, 5.41) is 22.4. The van der Waals surface area contributed by atoms with Gasteiger partial charge in [0, 0.05) is 5.39 Å². The summed E-state index contributed by atoms with van der Waals surface area (Å²) in [6.45, 7) is 0. The Kier molecular flexibility index (Phi) is 2.51. The number of hydrogen-bond donors (Lipinski definition) is 0. The molecule has 4 nitrogen and oxygen atoms in total. The molecule has 100 valence electrons. The second-order valence-electron chi connectivity index (χ2n) is 5.00. The molecule has 4 rings (SSSR count). The van der Waals surface area contributed by atoms with E-state index in [1.807, 2.05) is 42.5 Å². The predicted octanol–water partition coefficient (Wildman–Crippen LogP) is 3.68. The molecule has 0 unspecified atom stereocenters. The fourth-order valence-electron chi connectivity index (χ4n) is 2.69. The fraction of sp³-hybridized carbons (Fsp3) is 0. The average Bonchev–Trinajstić information content (AvgIpc) is 2.58. The van der Waals surface area contributed by atoms with E-state index < -0.39 is 0 Å². The summed E-state index contributed by atoms with van der Waals surface area (Å²) in [4.78, 5) is 8.60. The van der Waals surface area contributed by atoms with E-state index in [1.54, 1.807) is 0 Å². The molecule has 0 radical (unpaired) electrons. The molecule has 1 heterocycles. The van der Waals surface area contributed by atoms with E-state index in [0.717, 1.165) is 21.5 Å². The average molecular weight is 280 g/mol. The van der Waals surface area contributed by atoms with E-state index in [1.165, 1.54) is 0 Å². The zero-order valence-electron chi connectivity index (χ0n) is 11.4. The zero-order chi connectivity index (χ0) is 15.1. The minimum absolute atomic E-state index is 0.0649. The maximum Gasteiger partial charge on any atom is 0.177 e. The molecule has 0 aliphatic heterocycles. The van der Waals surface area contributed by atoms with Crippen LogP contribution in [0, 0.1) is 22.7 Å². The molecule has 4 heteroatoms. The lowest BCUT2D eigenvalue weighted by molar-refractivity contribution is 1.20. The second-order valence-corrected chi connectivity index (χ2v) is 5.00. The van der Waals surface area contributed by atoms with Crippen molar-refractivity contribution in [2.75, 3.05) is 0 Å². The molecule has 0 saturated heterocycles. The van der Waals surface area contributed by atoms with Gasteiger partial charge in [0.1, 0.15) is 12.1 Å². The topological polar surface area (TPSA) is 73.4 Å². The lowest BCUT2D eigenvalue weighted by Gasteiger charge is -2.06. The standard InChI is InChI=1S/C18H8N4/c19-9-16-17(10-20)22-18-14-8-12-4-2-1-3-11(12)7-13(14)5-6-15(18)21-16/h1-8H. The highest BCUT2D eigenvalue weighted by molar-refractivity contribution is 6.09. The highest BCUT2D eigenvalue weighted by Crippen LogP contribution is 2.28. The van der Waals surface area contributed by atoms with Crippen LogP contribution in [0.1, 0.15) is 11.4 Å². The number of fused-ring (bicyclic) bond motifs is 4.